The van der Waals surface area contributed by atoms with Crippen molar-refractivity contribution in [1.82, 2.24) is 24.8 Å². The van der Waals surface area contributed by atoms with Crippen LogP contribution in [0.4, 0.5) is 0 Å². The molecule has 0 N–H and O–H groups in total. The Morgan fingerprint density at radius 1 is 1.20 bits per heavy atom. The molecule has 134 valence electrons. The molecule has 1 aliphatic heterocycles. The summed E-state index contributed by atoms with van der Waals surface area (Å²) in [7, 11) is -1.47. The first-order valence-corrected chi connectivity index (χ1v) is 9.89. The normalized spacial score (nSPS) is 16.2. The fourth-order valence-electron chi connectivity index (χ4n) is 2.83. The maximum atomic E-state index is 12.6. The molecular weight excluding hydrogens is 342 g/mol. The highest BCUT2D eigenvalue weighted by Crippen LogP contribution is 2.15. The molecule has 9 heteroatoms. The number of rotatable bonds is 4. The van der Waals surface area contributed by atoms with Gasteiger partial charge in [-0.3, -0.25) is 14.4 Å². The Morgan fingerprint density at radius 2 is 1.92 bits per heavy atom. The molecule has 1 fully saturated rings. The van der Waals surface area contributed by atoms with E-state index in [0.29, 0.717) is 18.7 Å². The molecule has 1 aromatic carbocycles. The second kappa shape index (κ2) is 6.93. The highest BCUT2D eigenvalue weighted by molar-refractivity contribution is 7.90. The Morgan fingerprint density at radius 3 is 2.52 bits per heavy atom. The van der Waals surface area contributed by atoms with E-state index in [0.717, 1.165) is 31.6 Å². The number of nitrogens with zero attached hydrogens (tertiary/aromatic N) is 5. The molecule has 25 heavy (non-hydrogen) atoms. The van der Waals surface area contributed by atoms with Crippen LogP contribution in [0.3, 0.4) is 0 Å². The van der Waals surface area contributed by atoms with Crippen LogP contribution in [0, 0.1) is 0 Å². The van der Waals surface area contributed by atoms with E-state index in [1.54, 1.807) is 27.9 Å². The summed E-state index contributed by atoms with van der Waals surface area (Å²) in [5.74, 6) is -0.132. The Balaban J connectivity index is 1.63. The monoisotopic (exact) mass is 363 g/mol. The van der Waals surface area contributed by atoms with Gasteiger partial charge in [-0.05, 0) is 18.2 Å². The number of carbonyl (C=O) groups is 1. The van der Waals surface area contributed by atoms with Gasteiger partial charge in [-0.15, -0.1) is 5.10 Å². The molecule has 0 atom stereocenters. The highest BCUT2D eigenvalue weighted by atomic mass is 32.2. The Kier molecular flexibility index (Phi) is 4.87. The van der Waals surface area contributed by atoms with Gasteiger partial charge < -0.3 is 4.90 Å². The number of aryl methyl sites for hydroxylation is 1. The van der Waals surface area contributed by atoms with Crippen molar-refractivity contribution in [1.29, 1.82) is 0 Å². The van der Waals surface area contributed by atoms with Gasteiger partial charge in [0, 0.05) is 51.6 Å². The van der Waals surface area contributed by atoms with Crippen molar-refractivity contribution in [3.05, 3.63) is 41.7 Å². The number of amides is 1. The molecule has 1 saturated heterocycles. The molecule has 8 nitrogen and oxygen atoms in total. The minimum absolute atomic E-state index is 0.132. The number of piperazine rings is 1. The van der Waals surface area contributed by atoms with E-state index in [2.05, 4.69) is 15.2 Å². The summed E-state index contributed by atoms with van der Waals surface area (Å²) in [5.41, 5.74) is 1.44. The molecular formula is C16H21N5O3S. The van der Waals surface area contributed by atoms with Crippen molar-refractivity contribution in [2.75, 3.05) is 32.4 Å². The van der Waals surface area contributed by atoms with Crippen molar-refractivity contribution in [3.63, 3.8) is 0 Å². The highest BCUT2D eigenvalue weighted by Gasteiger charge is 2.23. The van der Waals surface area contributed by atoms with Crippen molar-refractivity contribution >= 4 is 15.7 Å². The topological polar surface area (TPSA) is 88.4 Å². The van der Waals surface area contributed by atoms with Crippen LogP contribution in [0.5, 0.6) is 0 Å². The first-order valence-electron chi connectivity index (χ1n) is 8.00. The zero-order valence-electron chi connectivity index (χ0n) is 14.3. The van der Waals surface area contributed by atoms with Crippen LogP contribution in [0.2, 0.25) is 0 Å². The van der Waals surface area contributed by atoms with Crippen LogP contribution in [-0.2, 0) is 23.4 Å². The molecule has 0 spiro atoms. The second-order valence-electron chi connectivity index (χ2n) is 6.22. The molecule has 0 bridgehead atoms. The van der Waals surface area contributed by atoms with E-state index in [9.17, 15) is 13.2 Å². The minimum Gasteiger partial charge on any atom is -0.336 e. The predicted molar refractivity (Wildman–Crippen MR) is 91.7 cm³/mol. The molecule has 0 saturated carbocycles. The van der Waals surface area contributed by atoms with Crippen molar-refractivity contribution in [3.8, 4) is 0 Å². The minimum atomic E-state index is -3.32. The Hall–Kier alpha value is -2.26. The smallest absolute Gasteiger partial charge is 0.253 e. The van der Waals surface area contributed by atoms with E-state index in [1.807, 2.05) is 7.05 Å². The summed E-state index contributed by atoms with van der Waals surface area (Å²) < 4.78 is 25.1. The van der Waals surface area contributed by atoms with E-state index >= 15 is 0 Å². The third kappa shape index (κ3) is 4.05. The number of hydrogen-bond donors (Lipinski definition) is 0. The molecule has 1 aliphatic rings. The number of hydrogen-bond acceptors (Lipinski definition) is 6. The van der Waals surface area contributed by atoms with E-state index in [4.69, 9.17) is 0 Å². The zero-order chi connectivity index (χ0) is 18.0. The van der Waals surface area contributed by atoms with E-state index in [1.165, 1.54) is 12.1 Å². The lowest BCUT2D eigenvalue weighted by atomic mass is 10.2. The third-order valence-corrected chi connectivity index (χ3v) is 5.47. The number of sulfone groups is 1. The molecule has 0 unspecified atom stereocenters. The predicted octanol–water partition coefficient (Wildman–Crippen LogP) is 0.177. The van der Waals surface area contributed by atoms with Gasteiger partial charge in [0.25, 0.3) is 5.91 Å². The summed E-state index contributed by atoms with van der Waals surface area (Å²) in [4.78, 5) is 16.8. The van der Waals surface area contributed by atoms with Crippen LogP contribution in [0.15, 0.2) is 35.4 Å². The van der Waals surface area contributed by atoms with Crippen molar-refractivity contribution in [2.24, 2.45) is 7.05 Å². The van der Waals surface area contributed by atoms with Crippen LogP contribution in [0.1, 0.15) is 16.1 Å². The Labute approximate surface area is 147 Å². The maximum absolute atomic E-state index is 12.6. The Bertz CT molecular complexity index is 869. The summed E-state index contributed by atoms with van der Waals surface area (Å²) in [5, 5.41) is 7.79. The average Bonchev–Trinajstić information content (AvgIpc) is 2.99. The fourth-order valence-corrected chi connectivity index (χ4v) is 3.50. The molecule has 2 heterocycles. The van der Waals surface area contributed by atoms with E-state index < -0.39 is 9.84 Å². The zero-order valence-corrected chi connectivity index (χ0v) is 15.1. The van der Waals surface area contributed by atoms with Gasteiger partial charge in [-0.1, -0.05) is 11.3 Å². The standard InChI is InChI=1S/C16H21N5O3S/c1-19-14(11-17-18-19)12-20-6-8-21(9-7-20)16(22)13-4-3-5-15(10-13)25(2,23)24/h3-5,10-11H,6-9,12H2,1-2H3. The number of benzene rings is 1. The van der Waals surface area contributed by atoms with Crippen LogP contribution < -0.4 is 0 Å². The molecule has 0 aliphatic carbocycles. The number of aromatic nitrogens is 3. The summed E-state index contributed by atoms with van der Waals surface area (Å²) in [6.45, 7) is 3.46. The van der Waals surface area contributed by atoms with Gasteiger partial charge >= 0.3 is 0 Å². The quantitative estimate of drug-likeness (QED) is 0.770. The SMILES string of the molecule is Cn1nncc1CN1CCN(C(=O)c2cccc(S(C)(=O)=O)c2)CC1. The van der Waals surface area contributed by atoms with E-state index in [-0.39, 0.29) is 10.8 Å². The lowest BCUT2D eigenvalue weighted by Gasteiger charge is -2.34. The van der Waals surface area contributed by atoms with Crippen molar-refractivity contribution in [2.45, 2.75) is 11.4 Å². The maximum Gasteiger partial charge on any atom is 0.253 e. The summed E-state index contributed by atoms with van der Waals surface area (Å²) >= 11 is 0. The summed E-state index contributed by atoms with van der Waals surface area (Å²) in [6.07, 6.45) is 2.89. The van der Waals surface area contributed by atoms with Gasteiger partial charge in [0.15, 0.2) is 9.84 Å². The summed E-state index contributed by atoms with van der Waals surface area (Å²) in [6, 6.07) is 6.22. The van der Waals surface area contributed by atoms with Crippen LogP contribution in [0.25, 0.3) is 0 Å². The van der Waals surface area contributed by atoms with Gasteiger partial charge in [0.05, 0.1) is 16.8 Å². The average molecular weight is 363 g/mol. The van der Waals surface area contributed by atoms with Gasteiger partial charge in [0.1, 0.15) is 0 Å². The lowest BCUT2D eigenvalue weighted by Crippen LogP contribution is -2.48. The number of carbonyl (C=O) groups excluding carboxylic acids is 1. The molecule has 2 aromatic rings. The largest absolute Gasteiger partial charge is 0.336 e. The first kappa shape index (κ1) is 17.6. The van der Waals surface area contributed by atoms with Crippen molar-refractivity contribution < 1.29 is 13.2 Å². The fraction of sp³-hybridized carbons (Fsp3) is 0.438. The third-order valence-electron chi connectivity index (χ3n) is 4.36. The molecule has 0 radical (unpaired) electrons. The van der Waals surface area contributed by atoms with Gasteiger partial charge in [0.2, 0.25) is 0 Å². The lowest BCUT2D eigenvalue weighted by molar-refractivity contribution is 0.0625. The molecule has 3 rings (SSSR count). The van der Waals surface area contributed by atoms with Crippen LogP contribution >= 0.6 is 0 Å². The van der Waals surface area contributed by atoms with Crippen LogP contribution in [-0.4, -0.2) is 71.6 Å². The second-order valence-corrected chi connectivity index (χ2v) is 8.23. The van der Waals surface area contributed by atoms with Gasteiger partial charge in [-0.25, -0.2) is 8.42 Å². The van der Waals surface area contributed by atoms with Gasteiger partial charge in [-0.2, -0.15) is 0 Å². The molecule has 1 amide bonds. The molecule has 1 aromatic heterocycles. The first-order chi connectivity index (χ1) is 11.8.